The van der Waals surface area contributed by atoms with E-state index in [1.165, 1.54) is 7.11 Å². The van der Waals surface area contributed by atoms with Crippen LogP contribution in [0, 0.1) is 0 Å². The van der Waals surface area contributed by atoms with Gasteiger partial charge in [0.25, 0.3) is 0 Å². The molecule has 0 saturated heterocycles. The summed E-state index contributed by atoms with van der Waals surface area (Å²) in [7, 11) is 1.35. The lowest BCUT2D eigenvalue weighted by molar-refractivity contribution is 0.0594. The highest BCUT2D eigenvalue weighted by Crippen LogP contribution is 2.33. The van der Waals surface area contributed by atoms with Gasteiger partial charge in [-0.05, 0) is 47.9 Å². The molecule has 0 spiro atoms. The molecule has 0 radical (unpaired) electrons. The van der Waals surface area contributed by atoms with Crippen LogP contribution in [0.5, 0.6) is 0 Å². The van der Waals surface area contributed by atoms with Crippen LogP contribution >= 0.6 is 11.6 Å². The summed E-state index contributed by atoms with van der Waals surface area (Å²) < 4.78 is 4.70. The maximum absolute atomic E-state index is 11.6. The summed E-state index contributed by atoms with van der Waals surface area (Å²) in [5.74, 6) is -0.432. The van der Waals surface area contributed by atoms with Crippen molar-refractivity contribution in [3.05, 3.63) is 94.2 Å². The van der Waals surface area contributed by atoms with Crippen LogP contribution in [0.25, 0.3) is 5.57 Å². The van der Waals surface area contributed by atoms with Crippen LogP contribution in [-0.4, -0.2) is 29.1 Å². The van der Waals surface area contributed by atoms with Crippen molar-refractivity contribution in [3.63, 3.8) is 0 Å². The first-order chi connectivity index (χ1) is 13.5. The fourth-order valence-corrected chi connectivity index (χ4v) is 3.67. The molecule has 1 atom stereocenters. The Bertz CT molecular complexity index is 1010. The molecule has 1 aromatic heterocycles. The molecule has 6 heteroatoms. The maximum Gasteiger partial charge on any atom is 0.356 e. The third-order valence-electron chi connectivity index (χ3n) is 4.74. The third-order valence-corrected chi connectivity index (χ3v) is 4.98. The van der Waals surface area contributed by atoms with Crippen LogP contribution in [0.2, 0.25) is 5.02 Å². The van der Waals surface area contributed by atoms with E-state index in [-0.39, 0.29) is 6.17 Å². The Kier molecular flexibility index (Phi) is 4.92. The Morgan fingerprint density at radius 3 is 2.86 bits per heavy atom. The number of allylic oxidation sites excluding steroid dienone is 3. The Hall–Kier alpha value is -3.05. The summed E-state index contributed by atoms with van der Waals surface area (Å²) in [6.07, 6.45) is 8.91. The predicted molar refractivity (Wildman–Crippen MR) is 109 cm³/mol. The molecule has 1 unspecified atom stereocenters. The highest BCUT2D eigenvalue weighted by Gasteiger charge is 2.28. The van der Waals surface area contributed by atoms with Crippen LogP contribution in [-0.2, 0) is 11.2 Å². The maximum atomic E-state index is 11.6. The van der Waals surface area contributed by atoms with Gasteiger partial charge in [-0.2, -0.15) is 0 Å². The van der Waals surface area contributed by atoms with Gasteiger partial charge in [-0.25, -0.2) is 9.78 Å². The summed E-state index contributed by atoms with van der Waals surface area (Å²) in [6.45, 7) is 2.05. The average molecular weight is 394 g/mol. The van der Waals surface area contributed by atoms with Gasteiger partial charge in [0, 0.05) is 41.3 Å². The minimum atomic E-state index is -0.432. The first kappa shape index (κ1) is 18.3. The van der Waals surface area contributed by atoms with Crippen LogP contribution in [0.3, 0.4) is 0 Å². The van der Waals surface area contributed by atoms with Gasteiger partial charge < -0.3 is 15.0 Å². The number of hydrogen-bond acceptors (Lipinski definition) is 5. The van der Waals surface area contributed by atoms with Crippen molar-refractivity contribution in [1.29, 1.82) is 0 Å². The largest absolute Gasteiger partial charge is 0.464 e. The molecule has 5 nitrogen and oxygen atoms in total. The number of nitrogens with zero attached hydrogens (tertiary/aromatic N) is 2. The van der Waals surface area contributed by atoms with Crippen molar-refractivity contribution < 1.29 is 9.53 Å². The van der Waals surface area contributed by atoms with E-state index in [0.717, 1.165) is 28.0 Å². The summed E-state index contributed by atoms with van der Waals surface area (Å²) in [5.41, 5.74) is 5.83. The lowest BCUT2D eigenvalue weighted by Crippen LogP contribution is -2.36. The smallest absolute Gasteiger partial charge is 0.356 e. The minimum Gasteiger partial charge on any atom is -0.464 e. The molecule has 28 heavy (non-hydrogen) atoms. The van der Waals surface area contributed by atoms with E-state index in [2.05, 4.69) is 46.7 Å². The zero-order chi connectivity index (χ0) is 19.7. The number of aromatic nitrogens is 1. The van der Waals surface area contributed by atoms with Crippen molar-refractivity contribution in [2.75, 3.05) is 7.11 Å². The summed E-state index contributed by atoms with van der Waals surface area (Å²) in [5, 5.41) is 4.22. The van der Waals surface area contributed by atoms with E-state index in [9.17, 15) is 4.79 Å². The van der Waals surface area contributed by atoms with Gasteiger partial charge in [0.1, 0.15) is 11.9 Å². The lowest BCUT2D eigenvalue weighted by Gasteiger charge is -2.30. The molecule has 0 bridgehead atoms. The molecule has 2 aliphatic heterocycles. The van der Waals surface area contributed by atoms with Gasteiger partial charge in [-0.3, -0.25) is 0 Å². The lowest BCUT2D eigenvalue weighted by atomic mass is 9.95. The van der Waals surface area contributed by atoms with Crippen LogP contribution in [0.4, 0.5) is 0 Å². The van der Waals surface area contributed by atoms with Gasteiger partial charge >= 0.3 is 5.97 Å². The normalized spacial score (nSPS) is 17.9. The second kappa shape index (κ2) is 7.52. The molecule has 142 valence electrons. The van der Waals surface area contributed by atoms with Crippen molar-refractivity contribution in [2.24, 2.45) is 0 Å². The third kappa shape index (κ3) is 3.66. The Morgan fingerprint density at radius 1 is 1.29 bits per heavy atom. The van der Waals surface area contributed by atoms with Gasteiger partial charge in [0.2, 0.25) is 0 Å². The van der Waals surface area contributed by atoms with E-state index < -0.39 is 5.97 Å². The second-order valence-electron chi connectivity index (χ2n) is 6.84. The van der Waals surface area contributed by atoms with E-state index in [0.29, 0.717) is 17.1 Å². The average Bonchev–Trinajstić information content (AvgIpc) is 3.07. The number of carbonyl (C=O) groups is 1. The van der Waals surface area contributed by atoms with Crippen LogP contribution in [0.15, 0.2) is 72.3 Å². The number of fused-ring (bicyclic) bond motifs is 1. The Labute approximate surface area is 169 Å². The number of methoxy groups -OCH3 is 1. The first-order valence-electron chi connectivity index (χ1n) is 8.97. The number of benzene rings is 1. The Morgan fingerprint density at radius 2 is 2.14 bits per heavy atom. The monoisotopic (exact) mass is 393 g/mol. The summed E-state index contributed by atoms with van der Waals surface area (Å²) >= 11 is 6.22. The second-order valence-corrected chi connectivity index (χ2v) is 7.28. The first-order valence-corrected chi connectivity index (χ1v) is 9.35. The molecular formula is C22H20ClN3O2. The number of esters is 1. The van der Waals surface area contributed by atoms with E-state index in [1.807, 2.05) is 24.3 Å². The fourth-order valence-electron chi connectivity index (χ4n) is 3.48. The fraction of sp³-hybridized carbons (Fsp3) is 0.182. The number of hydrogen-bond donors (Lipinski definition) is 1. The zero-order valence-electron chi connectivity index (χ0n) is 15.6. The molecule has 0 amide bonds. The number of ether oxygens (including phenoxy) is 1. The van der Waals surface area contributed by atoms with Gasteiger partial charge in [-0.15, -0.1) is 0 Å². The number of pyridine rings is 1. The van der Waals surface area contributed by atoms with Crippen molar-refractivity contribution in [3.8, 4) is 0 Å². The molecule has 2 aromatic rings. The number of halogens is 1. The van der Waals surface area contributed by atoms with Crippen molar-refractivity contribution in [2.45, 2.75) is 19.5 Å². The highest BCUT2D eigenvalue weighted by molar-refractivity contribution is 6.30. The van der Waals surface area contributed by atoms with Gasteiger partial charge in [-0.1, -0.05) is 29.8 Å². The molecule has 0 saturated carbocycles. The Balaban J connectivity index is 1.64. The zero-order valence-corrected chi connectivity index (χ0v) is 16.4. The SMILES string of the molecule is COC(=O)c1ccc(CC2=CN3C=C(C)NC3C(c3cccc(Cl)c3)=C2)cn1. The number of rotatable bonds is 4. The van der Waals surface area contributed by atoms with E-state index >= 15 is 0 Å². The summed E-state index contributed by atoms with van der Waals surface area (Å²) in [4.78, 5) is 17.9. The highest BCUT2D eigenvalue weighted by atomic mass is 35.5. The quantitative estimate of drug-likeness (QED) is 0.791. The van der Waals surface area contributed by atoms with Gasteiger partial charge in [0.05, 0.1) is 7.11 Å². The standard InChI is InChI=1S/C22H20ClN3O2/c1-14-12-26-13-16(8-15-6-7-20(24-11-15)22(27)28-2)9-19(21(26)25-14)17-4-3-5-18(23)10-17/h3-7,9-13,21,25H,8H2,1-2H3. The molecule has 3 heterocycles. The summed E-state index contributed by atoms with van der Waals surface area (Å²) in [6, 6.07) is 11.5. The van der Waals surface area contributed by atoms with Crippen molar-refractivity contribution >= 4 is 23.1 Å². The van der Waals surface area contributed by atoms with Gasteiger partial charge in [0.15, 0.2) is 0 Å². The van der Waals surface area contributed by atoms with E-state index in [4.69, 9.17) is 16.3 Å². The molecule has 4 rings (SSSR count). The molecule has 0 aliphatic carbocycles. The van der Waals surface area contributed by atoms with Crippen molar-refractivity contribution in [1.82, 2.24) is 15.2 Å². The van der Waals surface area contributed by atoms with E-state index in [1.54, 1.807) is 12.3 Å². The van der Waals surface area contributed by atoms with Crippen LogP contribution in [0.1, 0.15) is 28.5 Å². The predicted octanol–water partition coefficient (Wildman–Crippen LogP) is 4.14. The molecule has 0 fully saturated rings. The number of carbonyl (C=O) groups excluding carboxylic acids is 1. The topological polar surface area (TPSA) is 54.5 Å². The molecule has 2 aliphatic rings. The molecule has 1 N–H and O–H groups in total. The number of nitrogens with one attached hydrogen (secondary N) is 1. The minimum absolute atomic E-state index is 0.0574. The van der Waals surface area contributed by atoms with Crippen LogP contribution < -0.4 is 5.32 Å². The molecule has 1 aromatic carbocycles. The molecular weight excluding hydrogens is 374 g/mol.